The highest BCUT2D eigenvalue weighted by Crippen LogP contribution is 2.10. The number of guanidine groups is 1. The van der Waals surface area contributed by atoms with Crippen LogP contribution < -0.4 is 20.7 Å². The highest BCUT2D eigenvalue weighted by atomic mass is 32.2. The molecule has 8 nitrogen and oxygen atoms in total. The fourth-order valence-electron chi connectivity index (χ4n) is 2.09. The number of methoxy groups -OCH3 is 1. The fraction of sp³-hybridized carbons (Fsp3) is 0.529. The van der Waals surface area contributed by atoms with Gasteiger partial charge < -0.3 is 20.7 Å². The first-order valence-corrected chi connectivity index (χ1v) is 10.4. The van der Waals surface area contributed by atoms with E-state index in [-0.39, 0.29) is 17.7 Å². The number of aliphatic imine (C=N–C) groups is 1. The maximum absolute atomic E-state index is 12.0. The monoisotopic (exact) mass is 384 g/mol. The largest absolute Gasteiger partial charge is 0.497 e. The summed E-state index contributed by atoms with van der Waals surface area (Å²) in [6.07, 6.45) is 1.71. The Morgan fingerprint density at radius 2 is 1.81 bits per heavy atom. The number of benzene rings is 1. The van der Waals surface area contributed by atoms with E-state index < -0.39 is 9.84 Å². The van der Waals surface area contributed by atoms with Crippen molar-refractivity contribution < 1.29 is 17.9 Å². The van der Waals surface area contributed by atoms with E-state index in [1.807, 2.05) is 6.92 Å². The van der Waals surface area contributed by atoms with Crippen LogP contribution in [0.15, 0.2) is 29.3 Å². The highest BCUT2D eigenvalue weighted by molar-refractivity contribution is 7.90. The Labute approximate surface area is 155 Å². The van der Waals surface area contributed by atoms with Crippen LogP contribution in [0.25, 0.3) is 0 Å². The maximum atomic E-state index is 12.0. The van der Waals surface area contributed by atoms with Gasteiger partial charge in [0.1, 0.15) is 15.6 Å². The SMILES string of the molecule is CN=C(NCCNC(=O)c1ccc(OC)cc1)NC(C)CCS(C)(=O)=O. The summed E-state index contributed by atoms with van der Waals surface area (Å²) in [4.78, 5) is 16.1. The van der Waals surface area contributed by atoms with E-state index in [2.05, 4.69) is 20.9 Å². The molecule has 0 bridgehead atoms. The standard InChI is InChI=1S/C17H28N4O4S/c1-13(9-12-26(4,23)24)21-17(18-2)20-11-10-19-16(22)14-5-7-15(25-3)8-6-14/h5-8,13H,9-12H2,1-4H3,(H,19,22)(H2,18,20,21). The lowest BCUT2D eigenvalue weighted by Crippen LogP contribution is -2.45. The Hall–Kier alpha value is -2.29. The number of carbonyl (C=O) groups excluding carboxylic acids is 1. The van der Waals surface area contributed by atoms with Crippen molar-refractivity contribution in [1.29, 1.82) is 0 Å². The summed E-state index contributed by atoms with van der Waals surface area (Å²) in [5, 5.41) is 9.01. The third-order valence-electron chi connectivity index (χ3n) is 3.58. The Morgan fingerprint density at radius 1 is 1.19 bits per heavy atom. The number of hydrogen-bond acceptors (Lipinski definition) is 5. The van der Waals surface area contributed by atoms with Crippen LogP contribution in [0, 0.1) is 0 Å². The van der Waals surface area contributed by atoms with Crippen LogP contribution in [0.3, 0.4) is 0 Å². The Kier molecular flexibility index (Phi) is 8.91. The first-order chi connectivity index (χ1) is 12.2. The van der Waals surface area contributed by atoms with Crippen LogP contribution in [0.4, 0.5) is 0 Å². The quantitative estimate of drug-likeness (QED) is 0.323. The lowest BCUT2D eigenvalue weighted by Gasteiger charge is -2.17. The third-order valence-corrected chi connectivity index (χ3v) is 4.56. The molecule has 0 radical (unpaired) electrons. The number of amides is 1. The van der Waals surface area contributed by atoms with Gasteiger partial charge in [0.05, 0.1) is 12.9 Å². The van der Waals surface area contributed by atoms with E-state index in [0.717, 1.165) is 0 Å². The second-order valence-corrected chi connectivity index (χ2v) is 8.21. The van der Waals surface area contributed by atoms with E-state index in [4.69, 9.17) is 4.74 Å². The number of rotatable bonds is 9. The summed E-state index contributed by atoms with van der Waals surface area (Å²) in [6, 6.07) is 6.83. The van der Waals surface area contributed by atoms with Crippen molar-refractivity contribution in [2.45, 2.75) is 19.4 Å². The molecular formula is C17H28N4O4S. The molecule has 0 fully saturated rings. The fourth-order valence-corrected chi connectivity index (χ4v) is 2.87. The zero-order valence-corrected chi connectivity index (χ0v) is 16.5. The Morgan fingerprint density at radius 3 is 2.35 bits per heavy atom. The van der Waals surface area contributed by atoms with Crippen LogP contribution in [0.1, 0.15) is 23.7 Å². The average molecular weight is 385 g/mol. The van der Waals surface area contributed by atoms with Crippen molar-refractivity contribution in [3.8, 4) is 5.75 Å². The van der Waals surface area contributed by atoms with Gasteiger partial charge in [0.2, 0.25) is 0 Å². The van der Waals surface area contributed by atoms with Gasteiger partial charge in [-0.25, -0.2) is 8.42 Å². The Bertz CT molecular complexity index is 702. The van der Waals surface area contributed by atoms with Gasteiger partial charge in [-0.3, -0.25) is 9.79 Å². The molecule has 0 saturated carbocycles. The molecule has 0 aromatic heterocycles. The van der Waals surface area contributed by atoms with Crippen LogP contribution in [-0.4, -0.2) is 65.6 Å². The normalized spacial score (nSPS) is 13.0. The van der Waals surface area contributed by atoms with Gasteiger partial charge in [-0.2, -0.15) is 0 Å². The van der Waals surface area contributed by atoms with Gasteiger partial charge in [-0.05, 0) is 37.6 Å². The van der Waals surface area contributed by atoms with Crippen LogP contribution in [-0.2, 0) is 9.84 Å². The predicted molar refractivity (Wildman–Crippen MR) is 104 cm³/mol. The van der Waals surface area contributed by atoms with Gasteiger partial charge in [0, 0.05) is 38.0 Å². The molecule has 3 N–H and O–H groups in total. The van der Waals surface area contributed by atoms with Crippen molar-refractivity contribution in [3.63, 3.8) is 0 Å². The first kappa shape index (κ1) is 21.8. The molecule has 26 heavy (non-hydrogen) atoms. The van der Waals surface area contributed by atoms with E-state index in [9.17, 15) is 13.2 Å². The molecule has 1 aromatic rings. The van der Waals surface area contributed by atoms with Gasteiger partial charge >= 0.3 is 0 Å². The molecule has 0 aliphatic rings. The van der Waals surface area contributed by atoms with E-state index in [1.165, 1.54) is 6.26 Å². The molecule has 146 valence electrons. The van der Waals surface area contributed by atoms with Crippen LogP contribution in [0.5, 0.6) is 5.75 Å². The lowest BCUT2D eigenvalue weighted by molar-refractivity contribution is 0.0954. The van der Waals surface area contributed by atoms with Gasteiger partial charge in [-0.1, -0.05) is 0 Å². The van der Waals surface area contributed by atoms with Gasteiger partial charge in [0.25, 0.3) is 5.91 Å². The van der Waals surface area contributed by atoms with Crippen molar-refractivity contribution >= 4 is 21.7 Å². The summed E-state index contributed by atoms with van der Waals surface area (Å²) in [5.74, 6) is 1.21. The summed E-state index contributed by atoms with van der Waals surface area (Å²) in [6.45, 7) is 2.80. The summed E-state index contributed by atoms with van der Waals surface area (Å²) in [7, 11) is 0.228. The molecule has 0 heterocycles. The average Bonchev–Trinajstić information content (AvgIpc) is 2.61. The highest BCUT2D eigenvalue weighted by Gasteiger charge is 2.09. The second-order valence-electron chi connectivity index (χ2n) is 5.95. The summed E-state index contributed by atoms with van der Waals surface area (Å²) >= 11 is 0. The minimum Gasteiger partial charge on any atom is -0.497 e. The molecular weight excluding hydrogens is 356 g/mol. The number of nitrogens with one attached hydrogen (secondary N) is 3. The maximum Gasteiger partial charge on any atom is 0.251 e. The van der Waals surface area contributed by atoms with E-state index in [1.54, 1.807) is 38.4 Å². The van der Waals surface area contributed by atoms with Crippen LogP contribution in [0.2, 0.25) is 0 Å². The molecule has 0 spiro atoms. The molecule has 1 amide bonds. The minimum absolute atomic E-state index is 0.0372. The van der Waals surface area contributed by atoms with Crippen molar-refractivity contribution in [2.24, 2.45) is 4.99 Å². The molecule has 1 aromatic carbocycles. The van der Waals surface area contributed by atoms with Gasteiger partial charge in [-0.15, -0.1) is 0 Å². The molecule has 1 unspecified atom stereocenters. The zero-order valence-electron chi connectivity index (χ0n) is 15.7. The van der Waals surface area contributed by atoms with Crippen molar-refractivity contribution in [2.75, 3.05) is 39.3 Å². The number of ether oxygens (including phenoxy) is 1. The minimum atomic E-state index is -2.98. The summed E-state index contributed by atoms with van der Waals surface area (Å²) < 4.78 is 27.5. The van der Waals surface area contributed by atoms with E-state index in [0.29, 0.717) is 36.8 Å². The van der Waals surface area contributed by atoms with Crippen LogP contribution >= 0.6 is 0 Å². The number of hydrogen-bond donors (Lipinski definition) is 3. The van der Waals surface area contributed by atoms with Crippen molar-refractivity contribution in [3.05, 3.63) is 29.8 Å². The molecule has 1 rings (SSSR count). The number of sulfone groups is 1. The van der Waals surface area contributed by atoms with E-state index >= 15 is 0 Å². The molecule has 0 aliphatic heterocycles. The molecule has 1 atom stereocenters. The first-order valence-electron chi connectivity index (χ1n) is 8.32. The topological polar surface area (TPSA) is 109 Å². The van der Waals surface area contributed by atoms with Crippen molar-refractivity contribution in [1.82, 2.24) is 16.0 Å². The molecule has 0 saturated heterocycles. The summed E-state index contributed by atoms with van der Waals surface area (Å²) in [5.41, 5.74) is 0.558. The van der Waals surface area contributed by atoms with Gasteiger partial charge in [0.15, 0.2) is 5.96 Å². The zero-order chi connectivity index (χ0) is 19.6. The second kappa shape index (κ2) is 10.6. The number of carbonyl (C=O) groups is 1. The smallest absolute Gasteiger partial charge is 0.251 e. The predicted octanol–water partition coefficient (Wildman–Crippen LogP) is 0.413. The molecule has 9 heteroatoms. The third kappa shape index (κ3) is 8.70. The molecule has 0 aliphatic carbocycles. The number of nitrogens with zero attached hydrogens (tertiary/aromatic N) is 1. The Balaban J connectivity index is 2.32. The lowest BCUT2D eigenvalue weighted by atomic mass is 10.2.